The zero-order chi connectivity index (χ0) is 28.4. The molecule has 1 fully saturated rings. The normalized spacial score (nSPS) is 14.4. The number of carbonyl (C=O) groups is 2. The molecule has 1 aliphatic rings. The first-order valence-corrected chi connectivity index (χ1v) is 15.2. The monoisotopic (exact) mass is 559 g/mol. The molecule has 40 heavy (non-hydrogen) atoms. The number of aryl methyl sites for hydroxylation is 1. The summed E-state index contributed by atoms with van der Waals surface area (Å²) in [6.07, 6.45) is 4.39. The zero-order valence-electron chi connectivity index (χ0n) is 22.7. The molecule has 0 spiro atoms. The molecule has 0 saturated carbocycles. The summed E-state index contributed by atoms with van der Waals surface area (Å²) in [6.45, 7) is 5.41. The van der Waals surface area contributed by atoms with Gasteiger partial charge in [-0.2, -0.15) is 4.31 Å². The highest BCUT2D eigenvalue weighted by Gasteiger charge is 2.30. The molecule has 8 heteroatoms. The maximum Gasteiger partial charge on any atom is 0.243 e. The molecule has 0 bridgehead atoms. The van der Waals surface area contributed by atoms with Gasteiger partial charge in [0.15, 0.2) is 0 Å². The number of nitrogens with zero attached hydrogens (tertiary/aromatic N) is 2. The van der Waals surface area contributed by atoms with Gasteiger partial charge in [-0.1, -0.05) is 78.9 Å². The number of carbonyl (C=O) groups excluding carboxylic acids is 2. The Labute approximate surface area is 237 Å². The third-order valence-corrected chi connectivity index (χ3v) is 9.05. The van der Waals surface area contributed by atoms with E-state index in [0.29, 0.717) is 39.0 Å². The average Bonchev–Trinajstić information content (AvgIpc) is 3.54. The van der Waals surface area contributed by atoms with E-state index in [9.17, 15) is 18.0 Å². The van der Waals surface area contributed by atoms with Gasteiger partial charge < -0.3 is 10.2 Å². The molecule has 2 amide bonds. The largest absolute Gasteiger partial charge is 0.351 e. The third kappa shape index (κ3) is 7.67. The van der Waals surface area contributed by atoms with Crippen molar-refractivity contribution < 1.29 is 18.0 Å². The Bertz CT molecular complexity index is 1370. The van der Waals surface area contributed by atoms with Crippen molar-refractivity contribution in [3.8, 4) is 0 Å². The predicted molar refractivity (Wildman–Crippen MR) is 157 cm³/mol. The fourth-order valence-electron chi connectivity index (χ4n) is 4.93. The van der Waals surface area contributed by atoms with Crippen LogP contribution in [0.25, 0.3) is 0 Å². The molecular weight excluding hydrogens is 522 g/mol. The second-order valence-electron chi connectivity index (χ2n) is 10.0. The van der Waals surface area contributed by atoms with E-state index in [1.54, 1.807) is 35.2 Å². The third-order valence-electron chi connectivity index (χ3n) is 7.14. The van der Waals surface area contributed by atoms with E-state index in [1.165, 1.54) is 4.31 Å². The Hall–Kier alpha value is -3.75. The molecule has 1 aliphatic heterocycles. The minimum atomic E-state index is -3.49. The smallest absolute Gasteiger partial charge is 0.243 e. The van der Waals surface area contributed by atoms with Crippen LogP contribution in [0.1, 0.15) is 36.0 Å². The number of sulfonamides is 1. The fraction of sp³-hybridized carbons (Fsp3) is 0.312. The Kier molecular flexibility index (Phi) is 10.3. The van der Waals surface area contributed by atoms with Gasteiger partial charge in [-0.05, 0) is 48.1 Å². The molecule has 1 unspecified atom stereocenters. The van der Waals surface area contributed by atoms with Gasteiger partial charge in [-0.15, -0.1) is 6.58 Å². The van der Waals surface area contributed by atoms with E-state index in [4.69, 9.17) is 0 Å². The summed E-state index contributed by atoms with van der Waals surface area (Å²) >= 11 is 0. The van der Waals surface area contributed by atoms with Crippen molar-refractivity contribution in [1.29, 1.82) is 0 Å². The van der Waals surface area contributed by atoms with Crippen molar-refractivity contribution in [3.63, 3.8) is 0 Å². The molecule has 1 atom stereocenters. The van der Waals surface area contributed by atoms with Crippen molar-refractivity contribution >= 4 is 21.8 Å². The van der Waals surface area contributed by atoms with Gasteiger partial charge >= 0.3 is 0 Å². The summed E-state index contributed by atoms with van der Waals surface area (Å²) in [6, 6.07) is 25.4. The van der Waals surface area contributed by atoms with Gasteiger partial charge in [0.2, 0.25) is 21.8 Å². The lowest BCUT2D eigenvalue weighted by molar-refractivity contribution is -0.141. The molecule has 3 aromatic carbocycles. The van der Waals surface area contributed by atoms with Gasteiger partial charge in [-0.25, -0.2) is 8.42 Å². The quantitative estimate of drug-likeness (QED) is 0.316. The van der Waals surface area contributed by atoms with Crippen LogP contribution in [-0.4, -0.2) is 55.1 Å². The number of nitrogens with one attached hydrogen (secondary N) is 1. The van der Waals surface area contributed by atoms with Crippen molar-refractivity contribution in [2.24, 2.45) is 0 Å². The fourth-order valence-corrected chi connectivity index (χ4v) is 6.44. The Morgan fingerprint density at radius 1 is 0.875 bits per heavy atom. The first kappa shape index (κ1) is 29.2. The minimum absolute atomic E-state index is 0.146. The standard InChI is InChI=1S/C32H37N3O4S/c1-2-21-33-32(37)30(24-27-11-5-3-6-12-27)35(25-28-13-7-4-8-14-28)31(36)20-17-26-15-18-29(19-16-26)40(38,39)34-22-9-10-23-34/h2-8,11-16,18-19,30H,1,9-10,17,20-25H2,(H,33,37). The first-order valence-electron chi connectivity index (χ1n) is 13.7. The van der Waals surface area contributed by atoms with Crippen molar-refractivity contribution in [2.45, 2.75) is 49.6 Å². The van der Waals surface area contributed by atoms with Crippen LogP contribution in [0.5, 0.6) is 0 Å². The van der Waals surface area contributed by atoms with E-state index >= 15 is 0 Å². The van der Waals surface area contributed by atoms with E-state index in [1.807, 2.05) is 60.7 Å². The Morgan fingerprint density at radius 3 is 2.08 bits per heavy atom. The van der Waals surface area contributed by atoms with Gasteiger partial charge in [0.05, 0.1) is 4.90 Å². The first-order chi connectivity index (χ1) is 19.4. The topological polar surface area (TPSA) is 86.8 Å². The second kappa shape index (κ2) is 14.1. The van der Waals surface area contributed by atoms with Crippen molar-refractivity contribution in [3.05, 3.63) is 114 Å². The SMILES string of the molecule is C=CCNC(=O)C(Cc1ccccc1)N(Cc1ccccc1)C(=O)CCc1ccc(S(=O)(=O)N2CCCC2)cc1. The molecule has 0 aromatic heterocycles. The highest BCUT2D eigenvalue weighted by Crippen LogP contribution is 2.22. The highest BCUT2D eigenvalue weighted by molar-refractivity contribution is 7.89. The van der Waals surface area contributed by atoms with E-state index in [0.717, 1.165) is 29.5 Å². The number of amides is 2. The van der Waals surface area contributed by atoms with Crippen LogP contribution in [0.3, 0.4) is 0 Å². The lowest BCUT2D eigenvalue weighted by Crippen LogP contribution is -2.50. The molecule has 0 aliphatic carbocycles. The van der Waals surface area contributed by atoms with Crippen LogP contribution in [-0.2, 0) is 39.0 Å². The van der Waals surface area contributed by atoms with Crippen LogP contribution in [0.4, 0.5) is 0 Å². The minimum Gasteiger partial charge on any atom is -0.351 e. The lowest BCUT2D eigenvalue weighted by Gasteiger charge is -2.31. The summed E-state index contributed by atoms with van der Waals surface area (Å²) in [5, 5.41) is 2.88. The number of benzene rings is 3. The molecule has 7 nitrogen and oxygen atoms in total. The van der Waals surface area contributed by atoms with Gasteiger partial charge in [0.25, 0.3) is 0 Å². The van der Waals surface area contributed by atoms with E-state index in [-0.39, 0.29) is 23.1 Å². The maximum atomic E-state index is 13.8. The molecule has 4 rings (SSSR count). The van der Waals surface area contributed by atoms with E-state index < -0.39 is 16.1 Å². The highest BCUT2D eigenvalue weighted by atomic mass is 32.2. The summed E-state index contributed by atoms with van der Waals surface area (Å²) in [5.41, 5.74) is 2.76. The van der Waals surface area contributed by atoms with Gasteiger partial charge in [0.1, 0.15) is 6.04 Å². The summed E-state index contributed by atoms with van der Waals surface area (Å²) in [7, 11) is -3.49. The van der Waals surface area contributed by atoms with E-state index in [2.05, 4.69) is 11.9 Å². The molecule has 1 saturated heterocycles. The van der Waals surface area contributed by atoms with Crippen LogP contribution in [0, 0.1) is 0 Å². The van der Waals surface area contributed by atoms with Crippen molar-refractivity contribution in [1.82, 2.24) is 14.5 Å². The molecular formula is C32H37N3O4S. The van der Waals surface area contributed by atoms with Crippen LogP contribution in [0.15, 0.2) is 102 Å². The van der Waals surface area contributed by atoms with Gasteiger partial charge in [0, 0.05) is 39.0 Å². The number of hydrogen-bond donors (Lipinski definition) is 1. The average molecular weight is 560 g/mol. The number of rotatable bonds is 13. The molecule has 1 heterocycles. The second-order valence-corrected chi connectivity index (χ2v) is 11.9. The summed E-state index contributed by atoms with van der Waals surface area (Å²) in [4.78, 5) is 29.0. The van der Waals surface area contributed by atoms with Crippen LogP contribution in [0.2, 0.25) is 0 Å². The van der Waals surface area contributed by atoms with Crippen LogP contribution < -0.4 is 5.32 Å². The summed E-state index contributed by atoms with van der Waals surface area (Å²) < 4.78 is 27.2. The van der Waals surface area contributed by atoms with Crippen molar-refractivity contribution in [2.75, 3.05) is 19.6 Å². The molecule has 210 valence electrons. The van der Waals surface area contributed by atoms with Crippen LogP contribution >= 0.6 is 0 Å². The van der Waals surface area contributed by atoms with Gasteiger partial charge in [-0.3, -0.25) is 9.59 Å². The molecule has 3 aromatic rings. The molecule has 1 N–H and O–H groups in total. The summed E-state index contributed by atoms with van der Waals surface area (Å²) in [5.74, 6) is -0.378. The predicted octanol–water partition coefficient (Wildman–Crippen LogP) is 4.35. The Morgan fingerprint density at radius 2 is 1.48 bits per heavy atom. The Balaban J connectivity index is 1.53. The maximum absolute atomic E-state index is 13.8. The zero-order valence-corrected chi connectivity index (χ0v) is 23.6. The molecule has 0 radical (unpaired) electrons. The lowest BCUT2D eigenvalue weighted by atomic mass is 10.0. The number of hydrogen-bond acceptors (Lipinski definition) is 4.